The van der Waals surface area contributed by atoms with E-state index in [9.17, 15) is 0 Å². The van der Waals surface area contributed by atoms with Crippen LogP contribution in [0.4, 0.5) is 0 Å². The molecule has 0 aromatic carbocycles. The Morgan fingerprint density at radius 2 is 1.89 bits per heavy atom. The van der Waals surface area contributed by atoms with Crippen molar-refractivity contribution in [3.8, 4) is 0 Å². The fraction of sp³-hybridized carbons (Fsp3) is 1.00. The average molecular weight is 268 g/mol. The van der Waals surface area contributed by atoms with Crippen molar-refractivity contribution >= 4 is 0 Å². The first-order valence-electron chi connectivity index (χ1n) is 8.57. The van der Waals surface area contributed by atoms with Crippen LogP contribution in [0.3, 0.4) is 0 Å². The number of hydrogen-bond donors (Lipinski definition) is 2. The largest absolute Gasteiger partial charge is 0.330 e. The summed E-state index contributed by atoms with van der Waals surface area (Å²) in [5.74, 6) is 2.55. The van der Waals surface area contributed by atoms with Crippen LogP contribution in [0.1, 0.15) is 72.1 Å². The van der Waals surface area contributed by atoms with E-state index in [0.29, 0.717) is 0 Å². The molecule has 2 nitrogen and oxygen atoms in total. The zero-order valence-electron chi connectivity index (χ0n) is 13.5. The molecule has 3 unspecified atom stereocenters. The van der Waals surface area contributed by atoms with E-state index in [-0.39, 0.29) is 0 Å². The molecule has 2 heteroatoms. The average Bonchev–Trinajstić information content (AvgIpc) is 2.58. The molecular formula is C17H36N2. The lowest BCUT2D eigenvalue weighted by Gasteiger charge is -2.21. The number of hydrogen-bond acceptors (Lipinski definition) is 2. The first-order valence-corrected chi connectivity index (χ1v) is 8.57. The number of nitrogens with one attached hydrogen (secondary N) is 1. The van der Waals surface area contributed by atoms with Crippen LogP contribution >= 0.6 is 0 Å². The van der Waals surface area contributed by atoms with Crippen molar-refractivity contribution in [1.82, 2.24) is 5.32 Å². The van der Waals surface area contributed by atoms with Crippen molar-refractivity contribution in [2.24, 2.45) is 23.5 Å². The van der Waals surface area contributed by atoms with Gasteiger partial charge in [0.25, 0.3) is 0 Å². The van der Waals surface area contributed by atoms with Crippen molar-refractivity contribution in [2.75, 3.05) is 13.1 Å². The summed E-state index contributed by atoms with van der Waals surface area (Å²) in [6.07, 6.45) is 10.9. The first-order chi connectivity index (χ1) is 9.13. The minimum Gasteiger partial charge on any atom is -0.330 e. The van der Waals surface area contributed by atoms with Crippen LogP contribution in [0.2, 0.25) is 0 Å². The van der Waals surface area contributed by atoms with Gasteiger partial charge in [-0.3, -0.25) is 0 Å². The van der Waals surface area contributed by atoms with Crippen LogP contribution < -0.4 is 11.1 Å². The normalized spacial score (nSPS) is 26.4. The van der Waals surface area contributed by atoms with Crippen molar-refractivity contribution in [3.05, 3.63) is 0 Å². The lowest BCUT2D eigenvalue weighted by Crippen LogP contribution is -2.30. The Kier molecular flexibility index (Phi) is 8.72. The van der Waals surface area contributed by atoms with Gasteiger partial charge in [0.1, 0.15) is 0 Å². The second kappa shape index (κ2) is 9.77. The summed E-state index contributed by atoms with van der Waals surface area (Å²) in [5, 5.41) is 3.79. The molecule has 0 spiro atoms. The van der Waals surface area contributed by atoms with Gasteiger partial charge in [0, 0.05) is 6.04 Å². The van der Waals surface area contributed by atoms with Crippen LogP contribution in [-0.4, -0.2) is 19.1 Å². The van der Waals surface area contributed by atoms with E-state index < -0.39 is 0 Å². The highest BCUT2D eigenvalue weighted by molar-refractivity contribution is 4.73. The van der Waals surface area contributed by atoms with Crippen LogP contribution in [0.15, 0.2) is 0 Å². The van der Waals surface area contributed by atoms with E-state index in [1.165, 1.54) is 57.9 Å². The highest BCUT2D eigenvalue weighted by Crippen LogP contribution is 2.23. The van der Waals surface area contributed by atoms with Crippen LogP contribution in [-0.2, 0) is 0 Å². The highest BCUT2D eigenvalue weighted by Gasteiger charge is 2.16. The quantitative estimate of drug-likeness (QED) is 0.517. The van der Waals surface area contributed by atoms with Crippen molar-refractivity contribution in [3.63, 3.8) is 0 Å². The topological polar surface area (TPSA) is 38.0 Å². The summed E-state index contributed by atoms with van der Waals surface area (Å²) in [5.41, 5.74) is 5.70. The predicted molar refractivity (Wildman–Crippen MR) is 85.3 cm³/mol. The molecule has 0 aromatic rings. The Hall–Kier alpha value is -0.0800. The van der Waals surface area contributed by atoms with Gasteiger partial charge in [0.05, 0.1) is 0 Å². The molecule has 0 saturated heterocycles. The minimum atomic E-state index is 0.780. The van der Waals surface area contributed by atoms with Crippen molar-refractivity contribution < 1.29 is 0 Å². The van der Waals surface area contributed by atoms with Crippen LogP contribution in [0.5, 0.6) is 0 Å². The predicted octanol–water partition coefficient (Wildman–Crippen LogP) is 3.95. The second-order valence-corrected chi connectivity index (χ2v) is 6.99. The second-order valence-electron chi connectivity index (χ2n) is 6.99. The zero-order chi connectivity index (χ0) is 14.1. The fourth-order valence-corrected chi connectivity index (χ4v) is 3.39. The smallest absolute Gasteiger partial charge is 0.00671 e. The van der Waals surface area contributed by atoms with Gasteiger partial charge in [-0.2, -0.15) is 0 Å². The third-order valence-corrected chi connectivity index (χ3v) is 4.92. The molecule has 1 rings (SSSR count). The lowest BCUT2D eigenvalue weighted by molar-refractivity contribution is 0.325. The number of rotatable bonds is 8. The first kappa shape index (κ1) is 17.0. The minimum absolute atomic E-state index is 0.780. The monoisotopic (exact) mass is 268 g/mol. The molecule has 3 atom stereocenters. The van der Waals surface area contributed by atoms with Gasteiger partial charge in [-0.1, -0.05) is 33.6 Å². The van der Waals surface area contributed by atoms with Gasteiger partial charge in [0.15, 0.2) is 0 Å². The molecular weight excluding hydrogens is 232 g/mol. The molecule has 1 aliphatic rings. The standard InChI is InChI=1S/C17H36N2/c1-14(2)16(11-12-18)7-5-13-19-17-8-4-6-15(3)9-10-17/h14-17,19H,4-13,18H2,1-3H3. The van der Waals surface area contributed by atoms with E-state index in [1.54, 1.807) is 0 Å². The third kappa shape index (κ3) is 7.31. The van der Waals surface area contributed by atoms with Crippen molar-refractivity contribution in [1.29, 1.82) is 0 Å². The lowest BCUT2D eigenvalue weighted by atomic mass is 9.88. The molecule has 0 aliphatic heterocycles. The van der Waals surface area contributed by atoms with Crippen LogP contribution in [0, 0.1) is 17.8 Å². The Balaban J connectivity index is 2.12. The van der Waals surface area contributed by atoms with Gasteiger partial charge in [-0.25, -0.2) is 0 Å². The van der Waals surface area contributed by atoms with E-state index in [1.807, 2.05) is 0 Å². The van der Waals surface area contributed by atoms with E-state index >= 15 is 0 Å². The molecule has 0 bridgehead atoms. The van der Waals surface area contributed by atoms with Crippen LogP contribution in [0.25, 0.3) is 0 Å². The molecule has 0 amide bonds. The molecule has 0 aromatic heterocycles. The number of nitrogens with two attached hydrogens (primary N) is 1. The molecule has 1 saturated carbocycles. The van der Waals surface area contributed by atoms with Gasteiger partial charge in [-0.15, -0.1) is 0 Å². The van der Waals surface area contributed by atoms with Gasteiger partial charge >= 0.3 is 0 Å². The fourth-order valence-electron chi connectivity index (χ4n) is 3.39. The van der Waals surface area contributed by atoms with E-state index in [0.717, 1.165) is 30.3 Å². The molecule has 0 radical (unpaired) electrons. The molecule has 1 aliphatic carbocycles. The third-order valence-electron chi connectivity index (χ3n) is 4.92. The summed E-state index contributed by atoms with van der Waals surface area (Å²) in [6, 6.07) is 0.789. The maximum atomic E-state index is 5.70. The molecule has 19 heavy (non-hydrogen) atoms. The van der Waals surface area contributed by atoms with Gasteiger partial charge in [0.2, 0.25) is 0 Å². The summed E-state index contributed by atoms with van der Waals surface area (Å²) >= 11 is 0. The summed E-state index contributed by atoms with van der Waals surface area (Å²) in [4.78, 5) is 0. The van der Waals surface area contributed by atoms with Gasteiger partial charge < -0.3 is 11.1 Å². The Morgan fingerprint density at radius 1 is 1.11 bits per heavy atom. The summed E-state index contributed by atoms with van der Waals surface area (Å²) < 4.78 is 0. The maximum absolute atomic E-state index is 5.70. The Bertz CT molecular complexity index is 215. The Morgan fingerprint density at radius 3 is 2.58 bits per heavy atom. The van der Waals surface area contributed by atoms with Crippen molar-refractivity contribution in [2.45, 2.75) is 78.2 Å². The maximum Gasteiger partial charge on any atom is 0.00671 e. The summed E-state index contributed by atoms with van der Waals surface area (Å²) in [6.45, 7) is 9.12. The molecule has 114 valence electrons. The molecule has 1 fully saturated rings. The highest BCUT2D eigenvalue weighted by atomic mass is 14.9. The van der Waals surface area contributed by atoms with Gasteiger partial charge in [-0.05, 0) is 69.4 Å². The SMILES string of the molecule is CC1CCCC(NCCCC(CCN)C(C)C)CC1. The summed E-state index contributed by atoms with van der Waals surface area (Å²) in [7, 11) is 0. The van der Waals surface area contributed by atoms with E-state index in [2.05, 4.69) is 26.1 Å². The molecule has 3 N–H and O–H groups in total. The zero-order valence-corrected chi connectivity index (χ0v) is 13.5. The van der Waals surface area contributed by atoms with E-state index in [4.69, 9.17) is 5.73 Å². The Labute approximate surface area is 120 Å². The molecule has 0 heterocycles.